The normalized spacial score (nSPS) is 16.7. The van der Waals surface area contributed by atoms with Gasteiger partial charge in [0, 0.05) is 45.0 Å². The van der Waals surface area contributed by atoms with Crippen LogP contribution in [0.1, 0.15) is 10.4 Å². The highest BCUT2D eigenvalue weighted by atomic mass is 35.5. The van der Waals surface area contributed by atoms with Crippen LogP contribution in [0.3, 0.4) is 0 Å². The monoisotopic (exact) mass is 409 g/mol. The number of rotatable bonds is 4. The molecule has 5 nitrogen and oxygen atoms in total. The van der Waals surface area contributed by atoms with Crippen LogP contribution in [0.4, 0.5) is 5.69 Å². The lowest BCUT2D eigenvalue weighted by molar-refractivity contribution is 0.0488. The van der Waals surface area contributed by atoms with Gasteiger partial charge in [0.05, 0.1) is 5.56 Å². The number of amides is 1. The van der Waals surface area contributed by atoms with Crippen LogP contribution >= 0.6 is 24.8 Å². The number of nitrogens with zero attached hydrogens (tertiary/aromatic N) is 3. The summed E-state index contributed by atoms with van der Waals surface area (Å²) in [6.07, 6.45) is 0. The van der Waals surface area contributed by atoms with Crippen molar-refractivity contribution in [2.75, 3.05) is 50.9 Å². The molecular weight excluding hydrogens is 385 g/mol. The number of hydrogen-bond acceptors (Lipinski definition) is 4. The molecule has 0 spiro atoms. The molecule has 2 aromatic rings. The van der Waals surface area contributed by atoms with Crippen LogP contribution in [-0.2, 0) is 0 Å². The highest BCUT2D eigenvalue weighted by Crippen LogP contribution is 2.24. The van der Waals surface area contributed by atoms with Crippen LogP contribution in [-0.4, -0.2) is 61.7 Å². The molecule has 0 unspecified atom stereocenters. The molecule has 2 aromatic carbocycles. The van der Waals surface area contributed by atoms with E-state index in [1.807, 2.05) is 24.3 Å². The second kappa shape index (κ2) is 9.83. The zero-order chi connectivity index (χ0) is 17.1. The van der Waals surface area contributed by atoms with E-state index in [1.165, 1.54) is 5.69 Å². The fraction of sp³-hybridized carbons (Fsp3) is 0.350. The van der Waals surface area contributed by atoms with E-state index < -0.39 is 0 Å². The maximum Gasteiger partial charge on any atom is 0.260 e. The molecular formula is C20H25Cl2N3O2. The van der Waals surface area contributed by atoms with E-state index in [9.17, 15) is 4.79 Å². The highest BCUT2D eigenvalue weighted by Gasteiger charge is 2.26. The summed E-state index contributed by atoms with van der Waals surface area (Å²) in [4.78, 5) is 19.2. The number of carbonyl (C=O) groups excluding carboxylic acids is 1. The Morgan fingerprint density at radius 1 is 0.815 bits per heavy atom. The third-order valence-corrected chi connectivity index (χ3v) is 4.96. The standard InChI is InChI=1S/C20H23N3O2.2ClH/c24-20-18-8-4-5-9-19(18)25-16-23(20)15-12-21-10-13-22(14-11-21)17-6-2-1-3-7-17;;/h1-9H,10-16H2;2*1H. The molecule has 27 heavy (non-hydrogen) atoms. The summed E-state index contributed by atoms with van der Waals surface area (Å²) in [5.41, 5.74) is 1.96. The van der Waals surface area contributed by atoms with Gasteiger partial charge in [-0.25, -0.2) is 0 Å². The predicted molar refractivity (Wildman–Crippen MR) is 113 cm³/mol. The molecule has 2 heterocycles. The number of carbonyl (C=O) groups is 1. The Morgan fingerprint density at radius 3 is 2.22 bits per heavy atom. The van der Waals surface area contributed by atoms with Crippen LogP contribution in [0.15, 0.2) is 54.6 Å². The van der Waals surface area contributed by atoms with Gasteiger partial charge in [-0.3, -0.25) is 9.69 Å². The van der Waals surface area contributed by atoms with Gasteiger partial charge in [-0.2, -0.15) is 0 Å². The molecule has 0 aromatic heterocycles. The zero-order valence-electron chi connectivity index (χ0n) is 15.1. The van der Waals surface area contributed by atoms with Crippen LogP contribution in [0.25, 0.3) is 0 Å². The molecule has 0 radical (unpaired) electrons. The lowest BCUT2D eigenvalue weighted by Gasteiger charge is -2.37. The second-order valence-corrected chi connectivity index (χ2v) is 6.50. The van der Waals surface area contributed by atoms with E-state index in [2.05, 4.69) is 40.1 Å². The van der Waals surface area contributed by atoms with Crippen molar-refractivity contribution < 1.29 is 9.53 Å². The molecule has 146 valence electrons. The van der Waals surface area contributed by atoms with E-state index in [0.29, 0.717) is 24.6 Å². The van der Waals surface area contributed by atoms with E-state index in [4.69, 9.17) is 4.74 Å². The minimum Gasteiger partial charge on any atom is -0.472 e. The van der Waals surface area contributed by atoms with Crippen molar-refractivity contribution in [1.29, 1.82) is 0 Å². The lowest BCUT2D eigenvalue weighted by atomic mass is 10.1. The van der Waals surface area contributed by atoms with Gasteiger partial charge in [0.2, 0.25) is 0 Å². The van der Waals surface area contributed by atoms with Gasteiger partial charge >= 0.3 is 0 Å². The van der Waals surface area contributed by atoms with Gasteiger partial charge in [0.25, 0.3) is 5.91 Å². The van der Waals surface area contributed by atoms with Gasteiger partial charge in [0.1, 0.15) is 5.75 Å². The Labute approximate surface area is 172 Å². The minimum absolute atomic E-state index is 0. The Morgan fingerprint density at radius 2 is 1.48 bits per heavy atom. The smallest absolute Gasteiger partial charge is 0.260 e. The Balaban J connectivity index is 0.00000131. The largest absolute Gasteiger partial charge is 0.472 e. The summed E-state index contributed by atoms with van der Waals surface area (Å²) in [6, 6.07) is 18.0. The highest BCUT2D eigenvalue weighted by molar-refractivity contribution is 5.97. The molecule has 1 amide bonds. The molecule has 4 rings (SSSR count). The van der Waals surface area contributed by atoms with Crippen molar-refractivity contribution in [1.82, 2.24) is 9.80 Å². The molecule has 1 fully saturated rings. The van der Waals surface area contributed by atoms with Crippen LogP contribution in [0.5, 0.6) is 5.75 Å². The Hall–Kier alpha value is -1.95. The predicted octanol–water partition coefficient (Wildman–Crippen LogP) is 3.14. The van der Waals surface area contributed by atoms with Crippen LogP contribution < -0.4 is 9.64 Å². The van der Waals surface area contributed by atoms with Crippen molar-refractivity contribution >= 4 is 36.4 Å². The van der Waals surface area contributed by atoms with Crippen LogP contribution in [0.2, 0.25) is 0 Å². The SMILES string of the molecule is Cl.Cl.O=C1c2ccccc2OCN1CCN1CCN(c2ccccc2)CC1. The summed E-state index contributed by atoms with van der Waals surface area (Å²) < 4.78 is 5.70. The summed E-state index contributed by atoms with van der Waals surface area (Å²) in [6.45, 7) is 6.04. The Bertz CT molecular complexity index is 737. The number of hydrogen-bond donors (Lipinski definition) is 0. The first kappa shape index (κ1) is 21.4. The molecule has 2 aliphatic rings. The number of benzene rings is 2. The van der Waals surface area contributed by atoms with Gasteiger partial charge < -0.3 is 14.5 Å². The van der Waals surface area contributed by atoms with E-state index in [1.54, 1.807) is 4.90 Å². The molecule has 0 bridgehead atoms. The van der Waals surface area contributed by atoms with Crippen molar-refractivity contribution in [3.8, 4) is 5.75 Å². The third kappa shape index (κ3) is 4.86. The van der Waals surface area contributed by atoms with Crippen molar-refractivity contribution in [3.05, 3.63) is 60.2 Å². The van der Waals surface area contributed by atoms with Crippen LogP contribution in [0, 0.1) is 0 Å². The number of halogens is 2. The average Bonchev–Trinajstić information content (AvgIpc) is 2.69. The first-order valence-electron chi connectivity index (χ1n) is 8.85. The first-order chi connectivity index (χ1) is 12.3. The number of piperazine rings is 1. The van der Waals surface area contributed by atoms with Gasteiger partial charge in [0.15, 0.2) is 6.73 Å². The fourth-order valence-electron chi connectivity index (χ4n) is 3.44. The summed E-state index contributed by atoms with van der Waals surface area (Å²) in [5, 5.41) is 0. The minimum atomic E-state index is 0. The van der Waals surface area contributed by atoms with Gasteiger partial charge in [-0.05, 0) is 24.3 Å². The van der Waals surface area contributed by atoms with Gasteiger partial charge in [-0.1, -0.05) is 30.3 Å². The van der Waals surface area contributed by atoms with E-state index in [-0.39, 0.29) is 30.7 Å². The maximum absolute atomic E-state index is 12.5. The summed E-state index contributed by atoms with van der Waals surface area (Å²) >= 11 is 0. The Kier molecular flexibility index (Phi) is 7.78. The fourth-order valence-corrected chi connectivity index (χ4v) is 3.44. The number of fused-ring (bicyclic) bond motifs is 1. The van der Waals surface area contributed by atoms with E-state index in [0.717, 1.165) is 32.7 Å². The molecule has 7 heteroatoms. The maximum atomic E-state index is 12.5. The molecule has 1 saturated heterocycles. The van der Waals surface area contributed by atoms with Crippen molar-refractivity contribution in [2.45, 2.75) is 0 Å². The molecule has 2 aliphatic heterocycles. The van der Waals surface area contributed by atoms with Gasteiger partial charge in [-0.15, -0.1) is 24.8 Å². The summed E-state index contributed by atoms with van der Waals surface area (Å²) in [7, 11) is 0. The zero-order valence-corrected chi connectivity index (χ0v) is 16.8. The topological polar surface area (TPSA) is 36.0 Å². The lowest BCUT2D eigenvalue weighted by Crippen LogP contribution is -2.50. The summed E-state index contributed by atoms with van der Waals surface area (Å²) in [5.74, 6) is 0.769. The number of para-hydroxylation sites is 2. The molecule has 0 atom stereocenters. The molecule has 0 N–H and O–H groups in total. The third-order valence-electron chi connectivity index (χ3n) is 4.96. The number of anilines is 1. The van der Waals surface area contributed by atoms with E-state index >= 15 is 0 Å². The second-order valence-electron chi connectivity index (χ2n) is 6.50. The molecule has 0 aliphatic carbocycles. The van der Waals surface area contributed by atoms with Crippen molar-refractivity contribution in [2.24, 2.45) is 0 Å². The van der Waals surface area contributed by atoms with Crippen molar-refractivity contribution in [3.63, 3.8) is 0 Å². The molecule has 0 saturated carbocycles. The number of ether oxygens (including phenoxy) is 1. The quantitative estimate of drug-likeness (QED) is 0.776. The average molecular weight is 410 g/mol. The first-order valence-corrected chi connectivity index (χ1v) is 8.85.